The highest BCUT2D eigenvalue weighted by atomic mass is 19.4. The third kappa shape index (κ3) is 21.5. The van der Waals surface area contributed by atoms with Crippen molar-refractivity contribution >= 4 is 46.4 Å². The van der Waals surface area contributed by atoms with Crippen LogP contribution < -0.4 is 30.2 Å². The number of hydrogen-bond donors (Lipinski definition) is 3. The van der Waals surface area contributed by atoms with E-state index < -0.39 is 23.6 Å². The van der Waals surface area contributed by atoms with E-state index in [4.69, 9.17) is 31.9 Å². The molecule has 4 saturated carbocycles. The van der Waals surface area contributed by atoms with Gasteiger partial charge in [0.15, 0.2) is 63.4 Å². The summed E-state index contributed by atoms with van der Waals surface area (Å²) < 4.78 is 142. The van der Waals surface area contributed by atoms with Crippen molar-refractivity contribution in [1.82, 2.24) is 38.2 Å². The van der Waals surface area contributed by atoms with Gasteiger partial charge in [-0.3, -0.25) is 24.0 Å². The van der Waals surface area contributed by atoms with Crippen LogP contribution in [0.4, 0.5) is 47.8 Å². The van der Waals surface area contributed by atoms with Crippen LogP contribution in [0.15, 0.2) is 280 Å². The summed E-state index contributed by atoms with van der Waals surface area (Å²) in [5.74, 6) is 1.24. The van der Waals surface area contributed by atoms with E-state index >= 15 is 0 Å². The Morgan fingerprint density at radius 2 is 0.708 bits per heavy atom. The minimum Gasteiger partial charge on any atom is -0.497 e. The lowest BCUT2D eigenvalue weighted by molar-refractivity contribution is -0.136. The van der Waals surface area contributed by atoms with Crippen LogP contribution in [-0.2, 0) is 12.6 Å². The lowest BCUT2D eigenvalue weighted by Gasteiger charge is -2.15. The number of imidazole rings is 4. The van der Waals surface area contributed by atoms with Crippen molar-refractivity contribution in [2.75, 3.05) is 37.3 Å². The molecule has 16 aromatic rings. The molecule has 23 nitrogen and oxygen atoms in total. The number of Topliss-reactive ketones (excluding diaryl/α,β-unsaturated/α-hetero) is 2. The quantitative estimate of drug-likeness (QED) is 0.0354. The Balaban J connectivity index is 0.000000127. The van der Waals surface area contributed by atoms with Crippen molar-refractivity contribution in [3.63, 3.8) is 0 Å². The summed E-state index contributed by atoms with van der Waals surface area (Å²) in [7, 11) is 4.66. The molecule has 30 heteroatoms. The molecular weight excluding hydrogens is 1760 g/mol. The van der Waals surface area contributed by atoms with Gasteiger partial charge in [-0.2, -0.15) is 13.2 Å². The molecule has 0 unspecified atom stereocenters. The number of rotatable bonds is 25. The van der Waals surface area contributed by atoms with Gasteiger partial charge in [-0.05, 0) is 246 Å². The number of ether oxygens (including phenoxy) is 3. The number of carbonyl (C=O) groups is 5. The van der Waals surface area contributed by atoms with Crippen LogP contribution in [0.1, 0.15) is 198 Å². The van der Waals surface area contributed by atoms with Gasteiger partial charge in [0.2, 0.25) is 5.78 Å². The number of para-hydroxylation sites is 1. The number of nitrogens with zero attached hydrogens (tertiary/aromatic N) is 8. The summed E-state index contributed by atoms with van der Waals surface area (Å²) in [6.07, 6.45) is 20.2. The number of aromatic nitrogens is 8. The second-order valence-electron chi connectivity index (χ2n) is 33.9. The first kappa shape index (κ1) is 93.2. The summed E-state index contributed by atoms with van der Waals surface area (Å²) in [5, 5.41) is 7.97. The maximum atomic E-state index is 13.5. The van der Waals surface area contributed by atoms with E-state index in [9.17, 15) is 54.7 Å². The Labute approximate surface area is 783 Å². The third-order valence-corrected chi connectivity index (χ3v) is 25.0. The molecule has 0 atom stereocenters. The van der Waals surface area contributed by atoms with Crippen LogP contribution in [0.5, 0.6) is 17.2 Å². The van der Waals surface area contributed by atoms with Gasteiger partial charge in [0.05, 0.1) is 80.7 Å². The fraction of sp³-hybridized carbons (Fsp3) is 0.243. The topological polar surface area (TPSA) is 273 Å². The molecule has 4 aliphatic carbocycles. The number of carbonyl (C=O) groups excluding carboxylic acids is 5. The predicted octanol–water partition coefficient (Wildman–Crippen LogP) is 26.7. The molecule has 20 rings (SSSR count). The second kappa shape index (κ2) is 41.9. The van der Waals surface area contributed by atoms with Gasteiger partial charge in [-0.25, -0.2) is 37.5 Å². The number of benzene rings is 8. The first-order valence-electron chi connectivity index (χ1n) is 45.3. The normalized spacial score (nSPS) is 14.0. The average Bonchev–Trinajstić information content (AvgIpc) is 1.64. The van der Waals surface area contributed by atoms with Crippen molar-refractivity contribution in [2.24, 2.45) is 0 Å². The number of methoxy groups -OCH3 is 3. The molecule has 0 radical (unpaired) electrons. The van der Waals surface area contributed by atoms with Crippen molar-refractivity contribution in [3.05, 3.63) is 325 Å². The Kier molecular flexibility index (Phi) is 28.5. The molecule has 700 valence electrons. The van der Waals surface area contributed by atoms with Crippen molar-refractivity contribution in [2.45, 2.75) is 146 Å². The smallest absolute Gasteiger partial charge is 0.418 e. The van der Waals surface area contributed by atoms with Crippen LogP contribution in [-0.4, -0.2) is 88.8 Å². The van der Waals surface area contributed by atoms with E-state index in [1.807, 2.05) is 35.7 Å². The summed E-state index contributed by atoms with van der Waals surface area (Å²) in [6, 6.07) is 63.2. The standard InChI is InChI=1S/C28H25FN2O3.C27H26FN3O4.C26H21F4N3O2.C26H24FN3O3/c1-18(32)20-8-6-19(7-9-20)16-24(33)25-14-15-26(34-25)28-27(21-10-12-22(29)13-11-21)30-17-31(28)23-4-2-3-5-23;1-33-21-12-11-19(15-24(21)34-2)30-27(32)23-14-13-22(35-23)26-25(17-7-9-18(28)10-8-17)29-16-31(26)20-5-3-4-6-20;27-17-11-9-16(10-12-17)23-24(33(15-31-23)18-5-1-2-6-18)21-13-14-22(35-21)25(34)32-20-8-4-3-7-19(20)26(28,29)30;1-32-21-8-4-5-19(15-21)29-26(31)23-14-13-22(33-23)25-24(17-9-11-18(27)12-10-17)28-16-30(25)20-6-2-3-7-20/h6-15,17,23H,2-5,16H2,1H3;7-16,20H,3-6H2,1-2H3,(H,30,32);3-4,7-15,18H,1-2,5-6H2,(H,32,34);4-5,8-16,20H,2-3,6-7H2,1H3,(H,29,31). The lowest BCUT2D eigenvalue weighted by atomic mass is 10.0. The van der Waals surface area contributed by atoms with Crippen molar-refractivity contribution < 1.29 is 86.6 Å². The van der Waals surface area contributed by atoms with Crippen LogP contribution in [0, 0.1) is 23.3 Å². The van der Waals surface area contributed by atoms with Gasteiger partial charge in [-0.1, -0.05) is 93.8 Å². The van der Waals surface area contributed by atoms with Crippen LogP contribution in [0.3, 0.4) is 0 Å². The van der Waals surface area contributed by atoms with Crippen LogP contribution >= 0.6 is 0 Å². The molecule has 8 aromatic carbocycles. The molecule has 4 aliphatic rings. The highest BCUT2D eigenvalue weighted by Crippen LogP contribution is 2.46. The fourth-order valence-electron chi connectivity index (χ4n) is 18.1. The predicted molar refractivity (Wildman–Crippen MR) is 504 cm³/mol. The average molecular weight is 1860 g/mol. The Morgan fingerprint density at radius 1 is 0.365 bits per heavy atom. The number of nitrogens with one attached hydrogen (secondary N) is 3. The molecule has 4 fully saturated rings. The summed E-state index contributed by atoms with van der Waals surface area (Å²) in [6.45, 7) is 1.51. The summed E-state index contributed by atoms with van der Waals surface area (Å²) >= 11 is 0. The fourth-order valence-corrected chi connectivity index (χ4v) is 18.1. The maximum absolute atomic E-state index is 13.5. The van der Waals surface area contributed by atoms with Crippen molar-refractivity contribution in [1.29, 1.82) is 0 Å². The minimum atomic E-state index is -4.62. The molecule has 0 bridgehead atoms. The van der Waals surface area contributed by atoms with Gasteiger partial charge in [-0.15, -0.1) is 0 Å². The number of furan rings is 4. The molecule has 0 saturated heterocycles. The highest BCUT2D eigenvalue weighted by molar-refractivity contribution is 6.05. The zero-order chi connectivity index (χ0) is 95.4. The monoisotopic (exact) mass is 1860 g/mol. The summed E-state index contributed by atoms with van der Waals surface area (Å²) in [5.41, 5.74) is 10.0. The lowest BCUT2D eigenvalue weighted by Crippen LogP contribution is -2.16. The molecule has 0 spiro atoms. The number of alkyl halides is 3. The maximum Gasteiger partial charge on any atom is 0.418 e. The molecule has 3 N–H and O–H groups in total. The molecule has 137 heavy (non-hydrogen) atoms. The number of anilines is 3. The molecule has 8 aromatic heterocycles. The van der Waals surface area contributed by atoms with E-state index in [0.29, 0.717) is 109 Å². The van der Waals surface area contributed by atoms with Gasteiger partial charge in [0.1, 0.15) is 51.8 Å². The van der Waals surface area contributed by atoms with E-state index in [1.165, 1.54) is 113 Å². The van der Waals surface area contributed by atoms with Crippen molar-refractivity contribution in [3.8, 4) is 108 Å². The number of halogens is 7. The van der Waals surface area contributed by atoms with Gasteiger partial charge < -0.3 is 66.1 Å². The number of amides is 3. The number of hydrogen-bond acceptors (Lipinski definition) is 16. The third-order valence-electron chi connectivity index (χ3n) is 25.0. The molecule has 8 heterocycles. The van der Waals surface area contributed by atoms with Gasteiger partial charge in [0.25, 0.3) is 17.7 Å². The van der Waals surface area contributed by atoms with Crippen LogP contribution in [0.25, 0.3) is 90.8 Å². The molecular formula is C107H96F7N11O12. The van der Waals surface area contributed by atoms with Gasteiger partial charge in [0, 0.05) is 81.9 Å². The highest BCUT2D eigenvalue weighted by Gasteiger charge is 2.36. The Morgan fingerprint density at radius 3 is 1.06 bits per heavy atom. The zero-order valence-electron chi connectivity index (χ0n) is 75.3. The Bertz CT molecular complexity index is 6940. The van der Waals surface area contributed by atoms with E-state index in [1.54, 1.807) is 166 Å². The summed E-state index contributed by atoms with van der Waals surface area (Å²) in [4.78, 5) is 81.4. The second-order valence-corrected chi connectivity index (χ2v) is 33.9. The van der Waals surface area contributed by atoms with E-state index in [-0.39, 0.29) is 81.9 Å². The Hall–Kier alpha value is -15.6. The largest absolute Gasteiger partial charge is 0.497 e. The number of ketones is 2. The van der Waals surface area contributed by atoms with E-state index in [2.05, 4.69) is 49.6 Å². The first-order chi connectivity index (χ1) is 66.5. The van der Waals surface area contributed by atoms with Crippen LogP contribution in [0.2, 0.25) is 0 Å². The molecule has 3 amide bonds. The van der Waals surface area contributed by atoms with Gasteiger partial charge >= 0.3 is 6.18 Å². The SMILES string of the molecule is CC(=O)c1ccc(CC(=O)c2ccc(-c3c(-c4ccc(F)cc4)ncn3C3CCCC3)o2)cc1.COc1ccc(NC(=O)c2ccc(-c3c(-c4ccc(F)cc4)ncn3C3CCCC3)o2)cc1OC.COc1cccc(NC(=O)c2ccc(-c3c(-c4ccc(F)cc4)ncn3C3CCCC3)o2)c1.O=C(Nc1ccccc1C(F)(F)F)c1ccc(-c2c(-c3ccc(F)cc3)ncn2C2CCCC2)o1. The zero-order valence-corrected chi connectivity index (χ0v) is 75.3. The first-order valence-corrected chi connectivity index (χ1v) is 45.3. The van der Waals surface area contributed by atoms with E-state index in [0.717, 1.165) is 122 Å². The molecule has 0 aliphatic heterocycles. The minimum absolute atomic E-state index is 0.00983.